The monoisotopic (exact) mass is 416 g/mol. The lowest BCUT2D eigenvalue weighted by Crippen LogP contribution is -2.49. The first-order chi connectivity index (χ1) is 13.4. The van der Waals surface area contributed by atoms with Crippen molar-refractivity contribution in [1.29, 1.82) is 0 Å². The van der Waals surface area contributed by atoms with Crippen LogP contribution in [-0.4, -0.2) is 23.5 Å². The molecule has 0 unspecified atom stereocenters. The van der Waals surface area contributed by atoms with Crippen LogP contribution in [0.2, 0.25) is 5.02 Å². The molecule has 0 bridgehead atoms. The average Bonchev–Trinajstić information content (AvgIpc) is 2.67. The lowest BCUT2D eigenvalue weighted by molar-refractivity contribution is -0.122. The predicted octanol–water partition coefficient (Wildman–Crippen LogP) is 2.56. The molecule has 2 aromatic rings. The predicted molar refractivity (Wildman–Crippen MR) is 115 cm³/mol. The topological polar surface area (TPSA) is 82.3 Å². The summed E-state index contributed by atoms with van der Waals surface area (Å²) >= 11 is 11.0. The van der Waals surface area contributed by atoms with Gasteiger partial charge in [0.25, 0.3) is 5.91 Å². The molecule has 6 nitrogen and oxygen atoms in total. The molecule has 8 heteroatoms. The fourth-order valence-corrected chi connectivity index (χ4v) is 2.54. The molecule has 0 saturated heterocycles. The molecule has 0 aromatic heterocycles. The van der Waals surface area contributed by atoms with Gasteiger partial charge in [0.2, 0.25) is 5.91 Å². The zero-order valence-corrected chi connectivity index (χ0v) is 16.9. The van der Waals surface area contributed by atoms with Crippen molar-refractivity contribution >= 4 is 46.8 Å². The van der Waals surface area contributed by atoms with E-state index in [9.17, 15) is 9.59 Å². The number of nitrogens with one attached hydrogen (secondary N) is 4. The molecule has 2 rings (SSSR count). The number of hydrogen-bond donors (Lipinski definition) is 4. The van der Waals surface area contributed by atoms with E-state index in [4.69, 9.17) is 23.8 Å². The molecule has 0 aliphatic heterocycles. The number of halogens is 1. The molecule has 0 atom stereocenters. The van der Waals surface area contributed by atoms with Crippen molar-refractivity contribution in [3.8, 4) is 0 Å². The average molecular weight is 417 g/mol. The van der Waals surface area contributed by atoms with Gasteiger partial charge in [-0.3, -0.25) is 20.4 Å². The molecule has 0 heterocycles. The third kappa shape index (κ3) is 7.77. The number of hydrogen-bond acceptors (Lipinski definition) is 3. The third-order valence-corrected chi connectivity index (χ3v) is 4.07. The normalized spacial score (nSPS) is 10.7. The van der Waals surface area contributed by atoms with Crippen LogP contribution < -0.4 is 21.5 Å². The summed E-state index contributed by atoms with van der Waals surface area (Å²) in [5.41, 5.74) is 7.10. The number of amides is 2. The summed E-state index contributed by atoms with van der Waals surface area (Å²) < 4.78 is 0. The highest BCUT2D eigenvalue weighted by Crippen LogP contribution is 2.09. The van der Waals surface area contributed by atoms with Crippen molar-refractivity contribution in [2.45, 2.75) is 13.3 Å². The van der Waals surface area contributed by atoms with Gasteiger partial charge < -0.3 is 10.6 Å². The minimum atomic E-state index is -0.513. The van der Waals surface area contributed by atoms with Gasteiger partial charge in [0.1, 0.15) is 5.70 Å². The fourth-order valence-electron chi connectivity index (χ4n) is 2.26. The van der Waals surface area contributed by atoms with Crippen LogP contribution >= 0.6 is 23.8 Å². The Morgan fingerprint density at radius 3 is 2.36 bits per heavy atom. The van der Waals surface area contributed by atoms with Crippen LogP contribution in [0.15, 0.2) is 60.3 Å². The van der Waals surface area contributed by atoms with Crippen LogP contribution in [0.1, 0.15) is 18.1 Å². The number of benzene rings is 2. The summed E-state index contributed by atoms with van der Waals surface area (Å²) in [5, 5.41) is 6.47. The highest BCUT2D eigenvalue weighted by atomic mass is 35.5. The van der Waals surface area contributed by atoms with E-state index in [1.54, 1.807) is 6.08 Å². The Morgan fingerprint density at radius 2 is 1.71 bits per heavy atom. The van der Waals surface area contributed by atoms with Crippen molar-refractivity contribution in [3.05, 3.63) is 76.4 Å². The number of carbonyl (C=O) groups excluding carboxylic acids is 2. The SMILES string of the molecule is CC(=O)N/C(=C\c1ccccc1)C(=O)NNC(=S)NCCc1ccc(Cl)cc1. The van der Waals surface area contributed by atoms with Gasteiger partial charge >= 0.3 is 0 Å². The summed E-state index contributed by atoms with van der Waals surface area (Å²) in [5.74, 6) is -0.859. The first-order valence-electron chi connectivity index (χ1n) is 8.57. The molecule has 0 aliphatic rings. The summed E-state index contributed by atoms with van der Waals surface area (Å²) in [4.78, 5) is 23.7. The molecule has 2 aromatic carbocycles. The zero-order chi connectivity index (χ0) is 20.4. The van der Waals surface area contributed by atoms with Gasteiger partial charge in [0.15, 0.2) is 5.11 Å². The van der Waals surface area contributed by atoms with E-state index in [1.165, 1.54) is 6.92 Å². The Balaban J connectivity index is 1.83. The van der Waals surface area contributed by atoms with Crippen LogP contribution in [0.5, 0.6) is 0 Å². The fraction of sp³-hybridized carbons (Fsp3) is 0.150. The molecule has 0 radical (unpaired) electrons. The summed E-state index contributed by atoms with van der Waals surface area (Å²) in [6, 6.07) is 16.7. The van der Waals surface area contributed by atoms with Crippen LogP contribution in [0.4, 0.5) is 0 Å². The number of carbonyl (C=O) groups is 2. The Labute approximate surface area is 174 Å². The van der Waals surface area contributed by atoms with Crippen LogP contribution in [0.25, 0.3) is 6.08 Å². The van der Waals surface area contributed by atoms with Gasteiger partial charge in [0, 0.05) is 18.5 Å². The van der Waals surface area contributed by atoms with Gasteiger partial charge in [-0.25, -0.2) is 0 Å². The van der Waals surface area contributed by atoms with Gasteiger partial charge in [-0.05, 0) is 48.0 Å². The minimum Gasteiger partial charge on any atom is -0.361 e. The maximum atomic E-state index is 12.4. The molecular formula is C20H21ClN4O2S. The van der Waals surface area contributed by atoms with E-state index in [2.05, 4.69) is 21.5 Å². The second-order valence-electron chi connectivity index (χ2n) is 5.86. The molecule has 4 N–H and O–H groups in total. The summed E-state index contributed by atoms with van der Waals surface area (Å²) in [6.07, 6.45) is 2.33. The van der Waals surface area contributed by atoms with Crippen molar-refractivity contribution in [3.63, 3.8) is 0 Å². The Kier molecular flexibility index (Phi) is 8.45. The second-order valence-corrected chi connectivity index (χ2v) is 6.71. The van der Waals surface area contributed by atoms with Crippen molar-refractivity contribution in [1.82, 2.24) is 21.5 Å². The van der Waals surface area contributed by atoms with Crippen molar-refractivity contribution < 1.29 is 9.59 Å². The quantitative estimate of drug-likeness (QED) is 0.330. The lowest BCUT2D eigenvalue weighted by atomic mass is 10.1. The molecule has 146 valence electrons. The number of thiocarbonyl (C=S) groups is 1. The van der Waals surface area contributed by atoms with Crippen molar-refractivity contribution in [2.75, 3.05) is 6.54 Å². The Morgan fingerprint density at radius 1 is 1.04 bits per heavy atom. The molecular weight excluding hydrogens is 396 g/mol. The van der Waals surface area contributed by atoms with Crippen LogP contribution in [-0.2, 0) is 16.0 Å². The van der Waals surface area contributed by atoms with Gasteiger partial charge in [-0.2, -0.15) is 0 Å². The van der Waals surface area contributed by atoms with E-state index in [-0.39, 0.29) is 16.7 Å². The van der Waals surface area contributed by atoms with E-state index < -0.39 is 5.91 Å². The minimum absolute atomic E-state index is 0.107. The largest absolute Gasteiger partial charge is 0.361 e. The van der Waals surface area contributed by atoms with Crippen molar-refractivity contribution in [2.24, 2.45) is 0 Å². The zero-order valence-electron chi connectivity index (χ0n) is 15.3. The highest BCUT2D eigenvalue weighted by Gasteiger charge is 2.11. The van der Waals surface area contributed by atoms with Crippen LogP contribution in [0.3, 0.4) is 0 Å². The van der Waals surface area contributed by atoms with Gasteiger partial charge in [0.05, 0.1) is 0 Å². The van der Waals surface area contributed by atoms with E-state index in [0.717, 1.165) is 17.5 Å². The van der Waals surface area contributed by atoms with E-state index >= 15 is 0 Å². The number of rotatable bonds is 6. The molecule has 28 heavy (non-hydrogen) atoms. The summed E-state index contributed by atoms with van der Waals surface area (Å²) in [7, 11) is 0. The number of hydrazine groups is 1. The molecule has 0 saturated carbocycles. The lowest BCUT2D eigenvalue weighted by Gasteiger charge is -2.13. The first kappa shape index (κ1) is 21.4. The van der Waals surface area contributed by atoms with E-state index in [1.807, 2.05) is 54.6 Å². The molecule has 0 aliphatic carbocycles. The van der Waals surface area contributed by atoms with Gasteiger partial charge in [-0.15, -0.1) is 0 Å². The Hall–Kier alpha value is -2.90. The molecule has 0 fully saturated rings. The second kappa shape index (κ2) is 11.1. The molecule has 0 spiro atoms. The first-order valence-corrected chi connectivity index (χ1v) is 9.35. The maximum Gasteiger partial charge on any atom is 0.286 e. The smallest absolute Gasteiger partial charge is 0.286 e. The summed E-state index contributed by atoms with van der Waals surface area (Å²) in [6.45, 7) is 1.92. The maximum absolute atomic E-state index is 12.4. The highest BCUT2D eigenvalue weighted by molar-refractivity contribution is 7.80. The Bertz CT molecular complexity index is 854. The van der Waals surface area contributed by atoms with Gasteiger partial charge in [-0.1, -0.05) is 54.1 Å². The molecule has 2 amide bonds. The standard InChI is InChI=1S/C20H21ClN4O2S/c1-14(26)23-18(13-16-5-3-2-4-6-16)19(27)24-25-20(28)22-12-11-15-7-9-17(21)10-8-15/h2-10,13H,11-12H2,1H3,(H,23,26)(H,24,27)(H2,22,25,28)/b18-13-. The van der Waals surface area contributed by atoms with E-state index in [0.29, 0.717) is 11.6 Å². The van der Waals surface area contributed by atoms with Crippen LogP contribution in [0, 0.1) is 0 Å². The third-order valence-electron chi connectivity index (χ3n) is 3.57.